The third-order valence-electron chi connectivity index (χ3n) is 9.11. The van der Waals surface area contributed by atoms with Crippen molar-refractivity contribution in [3.63, 3.8) is 0 Å². The first-order valence-electron chi connectivity index (χ1n) is 17.2. The molecule has 18 heteroatoms. The van der Waals surface area contributed by atoms with E-state index in [2.05, 4.69) is 35.9 Å². The maximum atomic E-state index is 14.3. The van der Waals surface area contributed by atoms with E-state index in [0.717, 1.165) is 61.3 Å². The van der Waals surface area contributed by atoms with Gasteiger partial charge in [0.25, 0.3) is 0 Å². The van der Waals surface area contributed by atoms with Crippen molar-refractivity contribution in [2.45, 2.75) is 76.8 Å². The molecule has 54 heavy (non-hydrogen) atoms. The molecule has 4 aliphatic rings. The van der Waals surface area contributed by atoms with E-state index >= 15 is 0 Å². The summed E-state index contributed by atoms with van der Waals surface area (Å²) in [5.74, 6) is -4.03. The quantitative estimate of drug-likeness (QED) is 0.113. The molecule has 4 aromatic heterocycles. The summed E-state index contributed by atoms with van der Waals surface area (Å²) in [6.07, 6.45) is 6.32. The minimum absolute atomic E-state index is 0.00639. The van der Waals surface area contributed by atoms with Gasteiger partial charge in [-0.2, -0.15) is 0 Å². The summed E-state index contributed by atoms with van der Waals surface area (Å²) in [5, 5.41) is 19.1. The summed E-state index contributed by atoms with van der Waals surface area (Å²) >= 11 is 2.78. The predicted molar refractivity (Wildman–Crippen MR) is 186 cm³/mol. The average Bonchev–Trinajstić information content (AvgIpc) is 3.73. The molecule has 2 N–H and O–H groups in total. The van der Waals surface area contributed by atoms with Gasteiger partial charge in [0.1, 0.15) is 45.5 Å². The van der Waals surface area contributed by atoms with Crippen LogP contribution in [-0.2, 0) is 31.8 Å². The van der Waals surface area contributed by atoms with E-state index in [1.54, 1.807) is 13.8 Å². The monoisotopic (exact) mass is 816 g/mol. The predicted octanol–water partition coefficient (Wildman–Crippen LogP) is 5.21. The third-order valence-corrected chi connectivity index (χ3v) is 9.69. The Kier molecular flexibility index (Phi) is 12.4. The summed E-state index contributed by atoms with van der Waals surface area (Å²) in [4.78, 5) is 40.0. The zero-order valence-electron chi connectivity index (χ0n) is 29.0. The molecular weight excluding hydrogens is 783 g/mol. The van der Waals surface area contributed by atoms with Crippen molar-refractivity contribution < 1.29 is 56.1 Å². The molecule has 0 amide bonds. The minimum atomic E-state index is -1.63. The first kappa shape index (κ1) is 39.3. The van der Waals surface area contributed by atoms with Crippen LogP contribution in [0.4, 0.5) is 17.6 Å². The Hall–Kier alpha value is -4.36. The number of aromatic nitrogens is 4. The van der Waals surface area contributed by atoms with Gasteiger partial charge in [0.2, 0.25) is 0 Å². The second kappa shape index (κ2) is 17.0. The number of hydrogen-bond donors (Lipinski definition) is 2. The van der Waals surface area contributed by atoms with Crippen molar-refractivity contribution in [1.29, 1.82) is 0 Å². The second-order valence-corrected chi connectivity index (χ2v) is 13.4. The molecule has 4 atom stereocenters. The van der Waals surface area contributed by atoms with Gasteiger partial charge < -0.3 is 29.0 Å². The van der Waals surface area contributed by atoms with Crippen LogP contribution in [0.2, 0.25) is 0 Å². The van der Waals surface area contributed by atoms with Crippen molar-refractivity contribution in [3.8, 4) is 11.3 Å². The third kappa shape index (κ3) is 8.62. The smallest absolute Gasteiger partial charge is 0.461 e. The second-order valence-electron chi connectivity index (χ2n) is 12.7. The van der Waals surface area contributed by atoms with Gasteiger partial charge in [-0.05, 0) is 84.2 Å². The fourth-order valence-electron chi connectivity index (χ4n) is 6.81. The maximum Gasteiger partial charge on any atom is 0.488 e. The Morgan fingerprint density at radius 2 is 1.30 bits per heavy atom. The summed E-state index contributed by atoms with van der Waals surface area (Å²) in [6.45, 7) is 3.86. The highest BCUT2D eigenvalue weighted by molar-refractivity contribution is 9.10. The molecule has 4 bridgehead atoms. The van der Waals surface area contributed by atoms with Gasteiger partial charge in [0.05, 0.1) is 49.2 Å². The van der Waals surface area contributed by atoms with Crippen LogP contribution in [0.25, 0.3) is 11.3 Å². The number of hydrogen-bond acceptors (Lipinski definition) is 12. The Bertz CT molecular complexity index is 2060. The van der Waals surface area contributed by atoms with E-state index in [0.29, 0.717) is 35.3 Å². The standard InChI is InChI=1S/C18H16F2N2O3.C13H16BNO5.C5H2BrF2N/c1-2-24-18(23)14-7-12(16-13(20)5-9(19)8-21-16)11-6-10-3-4-15(25-10)17(11)22-14;1-2-19-13(16)10-6-9(14(17)18)8-5-7-3-4-11(20-7)12(8)15-10;6-5-4(8)1-3(7)2-9-5/h5,7-8,10,15H,2-4,6H2,1H3;6-7,11,17-18H,2-5H2,1H3;1-2H. The van der Waals surface area contributed by atoms with E-state index in [1.165, 1.54) is 12.1 Å². The first-order valence-corrected chi connectivity index (χ1v) is 18.0. The molecule has 0 radical (unpaired) electrons. The Morgan fingerprint density at radius 1 is 0.778 bits per heavy atom. The molecule has 4 aromatic rings. The topological polar surface area (TPSA) is 163 Å². The zero-order chi connectivity index (χ0) is 38.7. The van der Waals surface area contributed by atoms with Crippen molar-refractivity contribution in [2.24, 2.45) is 0 Å². The lowest BCUT2D eigenvalue weighted by molar-refractivity contribution is 0.0288. The van der Waals surface area contributed by atoms with Gasteiger partial charge in [0.15, 0.2) is 11.6 Å². The van der Waals surface area contributed by atoms with Crippen molar-refractivity contribution in [3.05, 3.63) is 98.4 Å². The minimum Gasteiger partial charge on any atom is -0.461 e. The lowest BCUT2D eigenvalue weighted by Gasteiger charge is -2.25. The van der Waals surface area contributed by atoms with Crippen LogP contribution in [0.1, 0.15) is 95.2 Å². The fraction of sp³-hybridized carbons (Fsp3) is 0.389. The van der Waals surface area contributed by atoms with E-state index in [1.807, 2.05) is 0 Å². The van der Waals surface area contributed by atoms with Gasteiger partial charge in [-0.3, -0.25) is 4.98 Å². The molecule has 12 nitrogen and oxygen atoms in total. The molecule has 8 heterocycles. The number of halogens is 5. The lowest BCUT2D eigenvalue weighted by Crippen LogP contribution is -2.38. The SMILES string of the molecule is CCOC(=O)c1cc(-c2ncc(F)cc2F)c2c(n1)C1CCC(C2)O1.CCOC(=O)c1cc(B(O)O)c2c(n1)C1CCC(C2)O1.Fc1cnc(Br)c(F)c1. The van der Waals surface area contributed by atoms with E-state index in [-0.39, 0.29) is 59.3 Å². The number of ether oxygens (including phenoxy) is 4. The van der Waals surface area contributed by atoms with Crippen LogP contribution in [0, 0.1) is 23.3 Å². The molecule has 2 fully saturated rings. The summed E-state index contributed by atoms with van der Waals surface area (Å²) in [6, 6.07) is 4.43. The summed E-state index contributed by atoms with van der Waals surface area (Å²) in [5.41, 5.74) is 3.84. The van der Waals surface area contributed by atoms with Crippen LogP contribution in [-0.4, -0.2) is 74.5 Å². The van der Waals surface area contributed by atoms with E-state index < -0.39 is 42.3 Å². The van der Waals surface area contributed by atoms with Crippen LogP contribution in [0.5, 0.6) is 0 Å². The average molecular weight is 817 g/mol. The van der Waals surface area contributed by atoms with E-state index in [4.69, 9.17) is 18.9 Å². The van der Waals surface area contributed by atoms with Crippen molar-refractivity contribution in [1.82, 2.24) is 19.9 Å². The Morgan fingerprint density at radius 3 is 1.81 bits per heavy atom. The van der Waals surface area contributed by atoms with Gasteiger partial charge >= 0.3 is 19.1 Å². The van der Waals surface area contributed by atoms with Crippen LogP contribution < -0.4 is 5.46 Å². The van der Waals surface area contributed by atoms with Crippen LogP contribution in [0.15, 0.2) is 41.3 Å². The molecule has 8 rings (SSSR count). The molecule has 0 saturated carbocycles. The molecule has 4 unspecified atom stereocenters. The molecule has 284 valence electrons. The molecule has 4 aliphatic heterocycles. The zero-order valence-corrected chi connectivity index (χ0v) is 30.6. The molecule has 0 aromatic carbocycles. The number of fused-ring (bicyclic) bond motifs is 8. The maximum absolute atomic E-state index is 14.3. The van der Waals surface area contributed by atoms with Gasteiger partial charge in [-0.15, -0.1) is 0 Å². The molecular formula is C36H34BBrF4N4O8. The number of esters is 2. The van der Waals surface area contributed by atoms with Gasteiger partial charge in [-0.1, -0.05) is 0 Å². The lowest BCUT2D eigenvalue weighted by atomic mass is 9.74. The fourth-order valence-corrected chi connectivity index (χ4v) is 7.03. The van der Waals surface area contributed by atoms with Gasteiger partial charge in [-0.25, -0.2) is 42.1 Å². The molecule has 0 spiro atoms. The van der Waals surface area contributed by atoms with Crippen molar-refractivity contribution in [2.75, 3.05) is 13.2 Å². The highest BCUT2D eigenvalue weighted by Crippen LogP contribution is 2.44. The number of pyridine rings is 4. The van der Waals surface area contributed by atoms with Crippen LogP contribution >= 0.6 is 15.9 Å². The Balaban J connectivity index is 0.000000153. The first-order chi connectivity index (χ1) is 25.9. The Labute approximate surface area is 315 Å². The number of nitrogens with zero attached hydrogens (tertiary/aromatic N) is 4. The number of rotatable bonds is 6. The van der Waals surface area contributed by atoms with Crippen molar-refractivity contribution >= 4 is 40.4 Å². The number of carbonyl (C=O) groups is 2. The molecule has 0 aliphatic carbocycles. The highest BCUT2D eigenvalue weighted by atomic mass is 79.9. The highest BCUT2D eigenvalue weighted by Gasteiger charge is 2.39. The van der Waals surface area contributed by atoms with E-state index in [9.17, 15) is 37.2 Å². The largest absolute Gasteiger partial charge is 0.488 e. The molecule has 2 saturated heterocycles. The van der Waals surface area contributed by atoms with Crippen LogP contribution in [0.3, 0.4) is 0 Å². The summed E-state index contributed by atoms with van der Waals surface area (Å²) < 4.78 is 73.4. The normalized spacial score (nSPS) is 20.0. The van der Waals surface area contributed by atoms with Gasteiger partial charge in [0, 0.05) is 30.5 Å². The summed E-state index contributed by atoms with van der Waals surface area (Å²) in [7, 11) is -1.63. The number of carbonyl (C=O) groups excluding carboxylic acids is 2.